The number of amides is 1. The highest BCUT2D eigenvalue weighted by Gasteiger charge is 2.24. The Balaban J connectivity index is 0.00000341. The van der Waals surface area contributed by atoms with Crippen molar-refractivity contribution in [3.8, 4) is 0 Å². The van der Waals surface area contributed by atoms with Crippen LogP contribution in [0.1, 0.15) is 39.0 Å². The number of hydrogen-bond donors (Lipinski definition) is 1. The highest BCUT2D eigenvalue weighted by atomic mass is 127. The summed E-state index contributed by atoms with van der Waals surface area (Å²) in [7, 11) is 0. The van der Waals surface area contributed by atoms with Crippen molar-refractivity contribution in [2.45, 2.75) is 39.0 Å². The van der Waals surface area contributed by atoms with E-state index in [0.717, 1.165) is 117 Å². The Bertz CT molecular complexity index is 531. The Labute approximate surface area is 205 Å². The fraction of sp³-hybridized carbons (Fsp3) is 0.909. The summed E-state index contributed by atoms with van der Waals surface area (Å²) in [5, 5.41) is 3.42. The molecule has 9 heteroatoms. The summed E-state index contributed by atoms with van der Waals surface area (Å²) in [5.41, 5.74) is 0. The van der Waals surface area contributed by atoms with Crippen molar-refractivity contribution in [3.63, 3.8) is 0 Å². The van der Waals surface area contributed by atoms with Gasteiger partial charge in [0.1, 0.15) is 0 Å². The fourth-order valence-electron chi connectivity index (χ4n) is 4.32. The standard InChI is InChI=1S/C22H41N5O3.HI/c1-2-23-22(24-8-5-15-30-19-20-6-16-29-17-7-20)27-13-11-25(12-14-27)18-21(28)26-9-3-4-10-26;/h20H,2-19H2,1H3,(H,23,24);1H. The Kier molecular flexibility index (Phi) is 13.1. The minimum absolute atomic E-state index is 0. The molecule has 0 aliphatic carbocycles. The van der Waals surface area contributed by atoms with Gasteiger partial charge in [0.15, 0.2) is 5.96 Å². The zero-order valence-electron chi connectivity index (χ0n) is 19.2. The molecule has 3 heterocycles. The number of piperazine rings is 1. The van der Waals surface area contributed by atoms with E-state index < -0.39 is 0 Å². The monoisotopic (exact) mass is 551 g/mol. The number of guanidine groups is 1. The molecule has 3 saturated heterocycles. The lowest BCUT2D eigenvalue weighted by atomic mass is 10.0. The molecule has 3 aliphatic heterocycles. The number of nitrogens with one attached hydrogen (secondary N) is 1. The summed E-state index contributed by atoms with van der Waals surface area (Å²) >= 11 is 0. The van der Waals surface area contributed by atoms with Crippen LogP contribution in [0.3, 0.4) is 0 Å². The zero-order valence-corrected chi connectivity index (χ0v) is 21.6. The first-order valence-corrected chi connectivity index (χ1v) is 11.9. The maximum absolute atomic E-state index is 12.4. The number of carbonyl (C=O) groups is 1. The molecule has 31 heavy (non-hydrogen) atoms. The van der Waals surface area contributed by atoms with Gasteiger partial charge in [-0.1, -0.05) is 0 Å². The molecule has 0 aromatic heterocycles. The molecule has 1 amide bonds. The summed E-state index contributed by atoms with van der Waals surface area (Å²) in [5.74, 6) is 1.95. The van der Waals surface area contributed by atoms with Crippen LogP contribution < -0.4 is 5.32 Å². The van der Waals surface area contributed by atoms with Crippen LogP contribution in [-0.2, 0) is 14.3 Å². The van der Waals surface area contributed by atoms with Gasteiger partial charge in [0.2, 0.25) is 5.91 Å². The summed E-state index contributed by atoms with van der Waals surface area (Å²) in [6.07, 6.45) is 5.50. The van der Waals surface area contributed by atoms with Gasteiger partial charge in [0.05, 0.1) is 6.54 Å². The smallest absolute Gasteiger partial charge is 0.236 e. The van der Waals surface area contributed by atoms with Crippen LogP contribution in [0.4, 0.5) is 0 Å². The normalized spacial score (nSPS) is 21.3. The molecule has 3 rings (SSSR count). The molecule has 0 spiro atoms. The number of halogens is 1. The van der Waals surface area contributed by atoms with Gasteiger partial charge in [-0.3, -0.25) is 14.7 Å². The molecule has 180 valence electrons. The largest absolute Gasteiger partial charge is 0.381 e. The maximum Gasteiger partial charge on any atom is 0.236 e. The SMILES string of the molecule is CCNC(=NCCCOCC1CCOCC1)N1CCN(CC(=O)N2CCCC2)CC1.I. The number of rotatable bonds is 9. The van der Waals surface area contributed by atoms with Crippen molar-refractivity contribution < 1.29 is 14.3 Å². The molecule has 0 aromatic rings. The van der Waals surface area contributed by atoms with Crippen LogP contribution in [0.2, 0.25) is 0 Å². The van der Waals surface area contributed by atoms with Gasteiger partial charge < -0.3 is 24.6 Å². The minimum atomic E-state index is 0. The maximum atomic E-state index is 12.4. The number of hydrogen-bond acceptors (Lipinski definition) is 5. The van der Waals surface area contributed by atoms with E-state index in [4.69, 9.17) is 14.5 Å². The fourth-order valence-corrected chi connectivity index (χ4v) is 4.32. The molecule has 1 N–H and O–H groups in total. The predicted molar refractivity (Wildman–Crippen MR) is 134 cm³/mol. The van der Waals surface area contributed by atoms with E-state index in [9.17, 15) is 4.79 Å². The van der Waals surface area contributed by atoms with Crippen LogP contribution in [0.5, 0.6) is 0 Å². The van der Waals surface area contributed by atoms with Gasteiger partial charge in [-0.05, 0) is 44.9 Å². The van der Waals surface area contributed by atoms with E-state index in [0.29, 0.717) is 18.4 Å². The molecular weight excluding hydrogens is 509 g/mol. The van der Waals surface area contributed by atoms with Gasteiger partial charge in [-0.15, -0.1) is 24.0 Å². The van der Waals surface area contributed by atoms with Gasteiger partial charge in [0.25, 0.3) is 0 Å². The highest BCUT2D eigenvalue weighted by Crippen LogP contribution is 2.14. The van der Waals surface area contributed by atoms with Crippen LogP contribution in [0, 0.1) is 5.92 Å². The second kappa shape index (κ2) is 15.2. The Morgan fingerprint density at radius 1 is 1.06 bits per heavy atom. The molecule has 8 nitrogen and oxygen atoms in total. The lowest BCUT2D eigenvalue weighted by Crippen LogP contribution is -2.54. The molecule has 0 unspecified atom stereocenters. The molecule has 0 radical (unpaired) electrons. The van der Waals surface area contributed by atoms with Crippen molar-refractivity contribution >= 4 is 35.8 Å². The number of nitrogens with zero attached hydrogens (tertiary/aromatic N) is 4. The van der Waals surface area contributed by atoms with E-state index in [2.05, 4.69) is 22.0 Å². The third-order valence-electron chi connectivity index (χ3n) is 6.23. The molecular formula is C22H42IN5O3. The van der Waals surface area contributed by atoms with Crippen LogP contribution in [0.25, 0.3) is 0 Å². The van der Waals surface area contributed by atoms with Crippen molar-refractivity contribution in [3.05, 3.63) is 0 Å². The lowest BCUT2D eigenvalue weighted by molar-refractivity contribution is -0.131. The van der Waals surface area contributed by atoms with E-state index in [1.165, 1.54) is 0 Å². The lowest BCUT2D eigenvalue weighted by Gasteiger charge is -2.36. The summed E-state index contributed by atoms with van der Waals surface area (Å²) in [6, 6.07) is 0. The van der Waals surface area contributed by atoms with Crippen molar-refractivity contribution in [2.75, 3.05) is 85.3 Å². The first kappa shape index (κ1) is 26.6. The number of aliphatic imine (C=N–C) groups is 1. The summed E-state index contributed by atoms with van der Waals surface area (Å²) in [6.45, 7) is 13.2. The van der Waals surface area contributed by atoms with Crippen LogP contribution >= 0.6 is 24.0 Å². The van der Waals surface area contributed by atoms with Crippen molar-refractivity contribution in [1.82, 2.24) is 20.0 Å². The third-order valence-corrected chi connectivity index (χ3v) is 6.23. The topological polar surface area (TPSA) is 69.6 Å². The Morgan fingerprint density at radius 3 is 2.45 bits per heavy atom. The Morgan fingerprint density at radius 2 is 1.77 bits per heavy atom. The number of ether oxygens (including phenoxy) is 2. The second-order valence-corrected chi connectivity index (χ2v) is 8.57. The second-order valence-electron chi connectivity index (χ2n) is 8.57. The molecule has 3 aliphatic rings. The van der Waals surface area contributed by atoms with Crippen LogP contribution in [-0.4, -0.2) is 112 Å². The van der Waals surface area contributed by atoms with E-state index in [1.807, 2.05) is 4.90 Å². The van der Waals surface area contributed by atoms with E-state index in [1.54, 1.807) is 0 Å². The van der Waals surface area contributed by atoms with E-state index in [-0.39, 0.29) is 24.0 Å². The first-order chi connectivity index (χ1) is 14.8. The van der Waals surface area contributed by atoms with E-state index >= 15 is 0 Å². The minimum Gasteiger partial charge on any atom is -0.381 e. The zero-order chi connectivity index (χ0) is 21.0. The Hall–Kier alpha value is -0.650. The molecule has 0 bridgehead atoms. The molecule has 0 aromatic carbocycles. The first-order valence-electron chi connectivity index (χ1n) is 11.9. The molecule has 3 fully saturated rings. The summed E-state index contributed by atoms with van der Waals surface area (Å²) < 4.78 is 11.2. The molecule has 0 atom stereocenters. The number of carbonyl (C=O) groups excluding carboxylic acids is 1. The average Bonchev–Trinajstić information content (AvgIpc) is 3.32. The van der Waals surface area contributed by atoms with Crippen LogP contribution in [0.15, 0.2) is 4.99 Å². The van der Waals surface area contributed by atoms with Gasteiger partial charge in [-0.25, -0.2) is 0 Å². The van der Waals surface area contributed by atoms with Gasteiger partial charge in [-0.2, -0.15) is 0 Å². The molecule has 0 saturated carbocycles. The summed E-state index contributed by atoms with van der Waals surface area (Å²) in [4.78, 5) is 23.8. The predicted octanol–water partition coefficient (Wildman–Crippen LogP) is 1.64. The van der Waals surface area contributed by atoms with Gasteiger partial charge >= 0.3 is 0 Å². The van der Waals surface area contributed by atoms with Crippen molar-refractivity contribution in [2.24, 2.45) is 10.9 Å². The highest BCUT2D eigenvalue weighted by molar-refractivity contribution is 14.0. The van der Waals surface area contributed by atoms with Crippen molar-refractivity contribution in [1.29, 1.82) is 0 Å². The number of likely N-dealkylation sites (tertiary alicyclic amines) is 1. The average molecular weight is 552 g/mol. The van der Waals surface area contributed by atoms with Gasteiger partial charge in [0, 0.05) is 78.8 Å². The third kappa shape index (κ3) is 9.39. The quantitative estimate of drug-likeness (QED) is 0.204.